The van der Waals surface area contributed by atoms with E-state index in [-0.39, 0.29) is 12.7 Å². The van der Waals surface area contributed by atoms with E-state index in [4.69, 9.17) is 5.11 Å². The summed E-state index contributed by atoms with van der Waals surface area (Å²) in [7, 11) is 2.10. The van der Waals surface area contributed by atoms with Gasteiger partial charge in [-0.3, -0.25) is 4.68 Å². The first-order valence-corrected chi connectivity index (χ1v) is 7.53. The minimum Gasteiger partial charge on any atom is -0.394 e. The van der Waals surface area contributed by atoms with Crippen molar-refractivity contribution in [3.8, 4) is 0 Å². The van der Waals surface area contributed by atoms with Crippen LogP contribution in [0.3, 0.4) is 0 Å². The van der Waals surface area contributed by atoms with Crippen molar-refractivity contribution in [3.63, 3.8) is 0 Å². The smallest absolute Gasteiger partial charge is 0.0644 e. The summed E-state index contributed by atoms with van der Waals surface area (Å²) in [6.07, 6.45) is 3.10. The van der Waals surface area contributed by atoms with Crippen LogP contribution < -0.4 is 0 Å². The quantitative estimate of drug-likeness (QED) is 0.819. The zero-order valence-corrected chi connectivity index (χ0v) is 12.8. The molecule has 2 unspecified atom stereocenters. The van der Waals surface area contributed by atoms with Crippen LogP contribution >= 0.6 is 0 Å². The average Bonchev–Trinajstić information content (AvgIpc) is 2.90. The molecule has 20 heavy (non-hydrogen) atoms. The van der Waals surface area contributed by atoms with Crippen LogP contribution in [0.5, 0.6) is 0 Å². The summed E-state index contributed by atoms with van der Waals surface area (Å²) in [4.78, 5) is 2.28. The first kappa shape index (κ1) is 15.5. The summed E-state index contributed by atoms with van der Waals surface area (Å²) in [5, 5.41) is 23.4. The lowest BCUT2D eigenvalue weighted by Gasteiger charge is -2.23. The van der Waals surface area contributed by atoms with Gasteiger partial charge >= 0.3 is 0 Å². The molecule has 1 heterocycles. The van der Waals surface area contributed by atoms with Gasteiger partial charge in [0, 0.05) is 24.3 Å². The van der Waals surface area contributed by atoms with E-state index in [2.05, 4.69) is 24.0 Å². The molecule has 2 rings (SSSR count). The third kappa shape index (κ3) is 3.40. The van der Waals surface area contributed by atoms with Crippen molar-refractivity contribution in [2.45, 2.75) is 52.3 Å². The maximum atomic E-state index is 9.92. The van der Waals surface area contributed by atoms with Gasteiger partial charge in [0.05, 0.1) is 24.9 Å². The van der Waals surface area contributed by atoms with Crippen molar-refractivity contribution in [2.75, 3.05) is 20.2 Å². The van der Waals surface area contributed by atoms with Gasteiger partial charge in [0.2, 0.25) is 0 Å². The minimum atomic E-state index is -0.128. The molecule has 0 spiro atoms. The second-order valence-corrected chi connectivity index (χ2v) is 6.05. The summed E-state index contributed by atoms with van der Waals surface area (Å²) in [5.74, 6) is 0.410. The van der Waals surface area contributed by atoms with Gasteiger partial charge in [0.1, 0.15) is 0 Å². The highest BCUT2D eigenvalue weighted by Crippen LogP contribution is 2.26. The molecule has 0 bridgehead atoms. The van der Waals surface area contributed by atoms with E-state index in [1.807, 2.05) is 11.6 Å². The molecule has 0 aliphatic heterocycles. The van der Waals surface area contributed by atoms with E-state index < -0.39 is 0 Å². The molecule has 5 nitrogen and oxygen atoms in total. The van der Waals surface area contributed by atoms with Crippen molar-refractivity contribution in [1.82, 2.24) is 14.7 Å². The van der Waals surface area contributed by atoms with Gasteiger partial charge in [-0.05, 0) is 39.7 Å². The van der Waals surface area contributed by atoms with Gasteiger partial charge in [0.25, 0.3) is 0 Å². The predicted octanol–water partition coefficient (Wildman–Crippen LogP) is 1.09. The molecule has 1 aliphatic rings. The molecule has 2 N–H and O–H groups in total. The Kier molecular flexibility index (Phi) is 5.18. The Morgan fingerprint density at radius 3 is 2.70 bits per heavy atom. The Bertz CT molecular complexity index is 445. The molecule has 0 saturated heterocycles. The molecule has 1 saturated carbocycles. The number of aliphatic hydroxyl groups is 2. The fraction of sp³-hybridized carbons (Fsp3) is 0.800. The minimum absolute atomic E-state index is 0.117. The molecule has 2 atom stereocenters. The molecule has 1 aromatic rings. The number of hydrogen-bond acceptors (Lipinski definition) is 4. The van der Waals surface area contributed by atoms with Crippen molar-refractivity contribution in [1.29, 1.82) is 0 Å². The fourth-order valence-electron chi connectivity index (χ4n) is 3.24. The lowest BCUT2D eigenvalue weighted by Crippen LogP contribution is -2.29. The molecule has 0 amide bonds. The van der Waals surface area contributed by atoms with E-state index in [1.165, 1.54) is 5.56 Å². The van der Waals surface area contributed by atoms with Crippen LogP contribution in [0, 0.1) is 19.8 Å². The van der Waals surface area contributed by atoms with Crippen LogP contribution in [0.2, 0.25) is 0 Å². The van der Waals surface area contributed by atoms with Crippen molar-refractivity contribution in [3.05, 3.63) is 17.0 Å². The molecule has 1 aromatic heterocycles. The first-order chi connectivity index (χ1) is 9.52. The van der Waals surface area contributed by atoms with Crippen LogP contribution in [0.1, 0.15) is 36.2 Å². The van der Waals surface area contributed by atoms with E-state index in [0.29, 0.717) is 12.5 Å². The highest BCUT2D eigenvalue weighted by molar-refractivity contribution is 5.24. The van der Waals surface area contributed by atoms with Crippen LogP contribution in [0.25, 0.3) is 0 Å². The Balaban J connectivity index is 1.98. The summed E-state index contributed by atoms with van der Waals surface area (Å²) in [5.41, 5.74) is 3.42. The molecular formula is C15H27N3O2. The van der Waals surface area contributed by atoms with Gasteiger partial charge in [0.15, 0.2) is 0 Å². The maximum Gasteiger partial charge on any atom is 0.0644 e. The van der Waals surface area contributed by atoms with Crippen molar-refractivity contribution >= 4 is 0 Å². The molecule has 0 radical (unpaired) electrons. The highest BCUT2D eigenvalue weighted by Gasteiger charge is 2.26. The van der Waals surface area contributed by atoms with E-state index in [0.717, 1.165) is 43.7 Å². The van der Waals surface area contributed by atoms with Crippen molar-refractivity contribution in [2.24, 2.45) is 5.92 Å². The maximum absolute atomic E-state index is 9.92. The lowest BCUT2D eigenvalue weighted by atomic mass is 10.1. The molecule has 5 heteroatoms. The Hall–Kier alpha value is -0.910. The fourth-order valence-corrected chi connectivity index (χ4v) is 3.24. The third-order valence-electron chi connectivity index (χ3n) is 4.44. The van der Waals surface area contributed by atoms with Gasteiger partial charge in [-0.2, -0.15) is 5.10 Å². The van der Waals surface area contributed by atoms with Crippen molar-refractivity contribution < 1.29 is 10.2 Å². The van der Waals surface area contributed by atoms with Gasteiger partial charge in [-0.25, -0.2) is 0 Å². The number of hydrogen-bond donors (Lipinski definition) is 2. The Morgan fingerprint density at radius 2 is 2.10 bits per heavy atom. The number of aliphatic hydroxyl groups excluding tert-OH is 2. The Labute approximate surface area is 121 Å². The number of nitrogens with zero attached hydrogens (tertiary/aromatic N) is 3. The lowest BCUT2D eigenvalue weighted by molar-refractivity contribution is 0.108. The summed E-state index contributed by atoms with van der Waals surface area (Å²) >= 11 is 0. The molecule has 0 aromatic carbocycles. The molecule has 1 fully saturated rings. The van der Waals surface area contributed by atoms with Crippen LogP contribution in [0.15, 0.2) is 0 Å². The molecular weight excluding hydrogens is 254 g/mol. The summed E-state index contributed by atoms with van der Waals surface area (Å²) in [6, 6.07) is 0. The van der Waals surface area contributed by atoms with E-state index in [9.17, 15) is 5.11 Å². The molecule has 114 valence electrons. The van der Waals surface area contributed by atoms with Crippen LogP contribution in [-0.2, 0) is 13.1 Å². The number of aryl methyl sites for hydroxylation is 1. The average molecular weight is 281 g/mol. The van der Waals surface area contributed by atoms with Crippen LogP contribution in [0.4, 0.5) is 0 Å². The topological polar surface area (TPSA) is 61.5 Å². The van der Waals surface area contributed by atoms with Crippen LogP contribution in [-0.4, -0.2) is 51.2 Å². The SMILES string of the molecule is Cc1nn(CCO)c(C)c1CN(C)CC1CCCC1O. The zero-order chi connectivity index (χ0) is 14.7. The summed E-state index contributed by atoms with van der Waals surface area (Å²) in [6.45, 7) is 6.54. The monoisotopic (exact) mass is 281 g/mol. The molecule has 1 aliphatic carbocycles. The predicted molar refractivity (Wildman–Crippen MR) is 78.5 cm³/mol. The Morgan fingerprint density at radius 1 is 1.35 bits per heavy atom. The first-order valence-electron chi connectivity index (χ1n) is 7.53. The number of aromatic nitrogens is 2. The van der Waals surface area contributed by atoms with Gasteiger partial charge in [-0.15, -0.1) is 0 Å². The second-order valence-electron chi connectivity index (χ2n) is 6.05. The third-order valence-corrected chi connectivity index (χ3v) is 4.44. The van der Waals surface area contributed by atoms with Gasteiger partial charge in [-0.1, -0.05) is 6.42 Å². The number of rotatable bonds is 6. The normalized spacial score (nSPS) is 22.9. The van der Waals surface area contributed by atoms with Gasteiger partial charge < -0.3 is 15.1 Å². The second kappa shape index (κ2) is 6.70. The highest BCUT2D eigenvalue weighted by atomic mass is 16.3. The largest absolute Gasteiger partial charge is 0.394 e. The van der Waals surface area contributed by atoms with E-state index >= 15 is 0 Å². The summed E-state index contributed by atoms with van der Waals surface area (Å²) < 4.78 is 1.88. The van der Waals surface area contributed by atoms with E-state index in [1.54, 1.807) is 0 Å². The zero-order valence-electron chi connectivity index (χ0n) is 12.8. The standard InChI is InChI=1S/C15H27N3O2/c1-11-14(12(2)18(16-11)7-8-19)10-17(3)9-13-5-4-6-15(13)20/h13,15,19-20H,4-10H2,1-3H3.